The van der Waals surface area contributed by atoms with Gasteiger partial charge in [0.15, 0.2) is 0 Å². The molecule has 2 nitrogen and oxygen atoms in total. The Kier molecular flexibility index (Phi) is 9.16. The van der Waals surface area contributed by atoms with Crippen LogP contribution >= 0.6 is 11.6 Å². The number of unbranched alkanes of at least 4 members (excludes halogenated alkanes) is 4. The summed E-state index contributed by atoms with van der Waals surface area (Å²) in [5, 5.41) is 2.85. The molecule has 0 aliphatic rings. The molecule has 0 radical (unpaired) electrons. The van der Waals surface area contributed by atoms with E-state index in [9.17, 15) is 4.79 Å². The lowest BCUT2D eigenvalue weighted by atomic mass is 10.1. The van der Waals surface area contributed by atoms with E-state index in [0.29, 0.717) is 12.3 Å². The number of nitrogens with one attached hydrogen (secondary N) is 1. The summed E-state index contributed by atoms with van der Waals surface area (Å²) in [7, 11) is 0. The van der Waals surface area contributed by atoms with Crippen LogP contribution in [0.4, 0.5) is 0 Å². The van der Waals surface area contributed by atoms with Crippen molar-refractivity contribution in [2.45, 2.75) is 58.4 Å². The van der Waals surface area contributed by atoms with Gasteiger partial charge in [-0.25, -0.2) is 0 Å². The minimum atomic E-state index is 0.0970. The smallest absolute Gasteiger partial charge is 0.220 e. The van der Waals surface area contributed by atoms with Crippen LogP contribution in [-0.2, 0) is 4.79 Å². The second-order valence-corrected chi connectivity index (χ2v) is 4.10. The second kappa shape index (κ2) is 9.32. The van der Waals surface area contributed by atoms with E-state index < -0.39 is 0 Å². The Bertz CT molecular complexity index is 150. The molecular formula is C11H22ClNO. The number of halogens is 1. The lowest BCUT2D eigenvalue weighted by molar-refractivity contribution is -0.121. The predicted molar refractivity (Wildman–Crippen MR) is 61.7 cm³/mol. The van der Waals surface area contributed by atoms with Crippen molar-refractivity contribution in [3.8, 4) is 0 Å². The normalized spacial score (nSPS) is 12.5. The average molecular weight is 220 g/mol. The quantitative estimate of drug-likeness (QED) is 0.493. The van der Waals surface area contributed by atoms with E-state index in [4.69, 9.17) is 11.6 Å². The number of carbonyl (C=O) groups excluding carboxylic acids is 1. The van der Waals surface area contributed by atoms with E-state index in [1.807, 2.05) is 6.92 Å². The zero-order valence-electron chi connectivity index (χ0n) is 9.31. The van der Waals surface area contributed by atoms with Crippen LogP contribution < -0.4 is 5.32 Å². The van der Waals surface area contributed by atoms with Gasteiger partial charge in [0, 0.05) is 18.3 Å². The largest absolute Gasteiger partial charge is 0.352 e. The second-order valence-electron chi connectivity index (χ2n) is 3.79. The van der Waals surface area contributed by atoms with E-state index in [2.05, 4.69) is 12.2 Å². The Morgan fingerprint density at radius 3 is 2.50 bits per heavy atom. The van der Waals surface area contributed by atoms with Gasteiger partial charge in [-0.05, 0) is 13.3 Å². The fourth-order valence-corrected chi connectivity index (χ4v) is 1.35. The maximum atomic E-state index is 11.3. The van der Waals surface area contributed by atoms with Gasteiger partial charge in [-0.2, -0.15) is 0 Å². The molecule has 84 valence electrons. The minimum Gasteiger partial charge on any atom is -0.352 e. The van der Waals surface area contributed by atoms with Crippen molar-refractivity contribution in [2.24, 2.45) is 0 Å². The van der Waals surface area contributed by atoms with E-state index in [1.54, 1.807) is 0 Å². The van der Waals surface area contributed by atoms with Gasteiger partial charge in [0.2, 0.25) is 5.91 Å². The standard InChI is InChI=1S/C11H22ClNO/c1-3-4-5-6-7-8-11(14)13-10(2)9-12/h10H,3-9H2,1-2H3,(H,13,14). The van der Waals surface area contributed by atoms with Crippen LogP contribution in [0.1, 0.15) is 52.4 Å². The molecule has 0 aliphatic carbocycles. The SMILES string of the molecule is CCCCCCCC(=O)NC(C)CCl. The highest BCUT2D eigenvalue weighted by Gasteiger charge is 2.04. The number of carbonyl (C=O) groups is 1. The Morgan fingerprint density at radius 2 is 1.93 bits per heavy atom. The van der Waals surface area contributed by atoms with Gasteiger partial charge in [-0.15, -0.1) is 11.6 Å². The molecule has 0 aromatic carbocycles. The Labute approximate surface area is 92.4 Å². The fourth-order valence-electron chi connectivity index (χ4n) is 1.27. The zero-order chi connectivity index (χ0) is 10.8. The van der Waals surface area contributed by atoms with Crippen molar-refractivity contribution < 1.29 is 4.79 Å². The van der Waals surface area contributed by atoms with Crippen LogP contribution in [0.15, 0.2) is 0 Å². The third-order valence-corrected chi connectivity index (χ3v) is 2.61. The van der Waals surface area contributed by atoms with Crippen LogP contribution in [-0.4, -0.2) is 17.8 Å². The molecule has 1 atom stereocenters. The molecule has 0 aliphatic heterocycles. The van der Waals surface area contributed by atoms with E-state index >= 15 is 0 Å². The first-order valence-electron chi connectivity index (χ1n) is 5.56. The van der Waals surface area contributed by atoms with Crippen molar-refractivity contribution in [1.82, 2.24) is 5.32 Å². The molecule has 0 rings (SSSR count). The molecule has 0 aromatic heterocycles. The number of rotatable bonds is 8. The highest BCUT2D eigenvalue weighted by molar-refractivity contribution is 6.18. The molecule has 0 aromatic rings. The monoisotopic (exact) mass is 219 g/mol. The number of hydrogen-bond donors (Lipinski definition) is 1. The van der Waals surface area contributed by atoms with Gasteiger partial charge in [-0.3, -0.25) is 4.79 Å². The molecule has 0 spiro atoms. The molecular weight excluding hydrogens is 198 g/mol. The summed E-state index contributed by atoms with van der Waals surface area (Å²) >= 11 is 5.58. The van der Waals surface area contributed by atoms with Gasteiger partial charge in [0.25, 0.3) is 0 Å². The van der Waals surface area contributed by atoms with Gasteiger partial charge in [-0.1, -0.05) is 32.6 Å². The Morgan fingerprint density at radius 1 is 1.29 bits per heavy atom. The van der Waals surface area contributed by atoms with Gasteiger partial charge in [0.1, 0.15) is 0 Å². The maximum Gasteiger partial charge on any atom is 0.220 e. The van der Waals surface area contributed by atoms with Crippen molar-refractivity contribution in [3.05, 3.63) is 0 Å². The van der Waals surface area contributed by atoms with Crippen LogP contribution in [0.3, 0.4) is 0 Å². The van der Waals surface area contributed by atoms with Crippen molar-refractivity contribution >= 4 is 17.5 Å². The van der Waals surface area contributed by atoms with Gasteiger partial charge < -0.3 is 5.32 Å². The summed E-state index contributed by atoms with van der Waals surface area (Å²) in [4.78, 5) is 11.3. The number of hydrogen-bond acceptors (Lipinski definition) is 1. The molecule has 14 heavy (non-hydrogen) atoms. The number of alkyl halides is 1. The third-order valence-electron chi connectivity index (χ3n) is 2.15. The summed E-state index contributed by atoms with van der Waals surface area (Å²) < 4.78 is 0. The first-order valence-corrected chi connectivity index (χ1v) is 6.09. The summed E-state index contributed by atoms with van der Waals surface area (Å²) in [6, 6.07) is 0.0970. The maximum absolute atomic E-state index is 11.3. The highest BCUT2D eigenvalue weighted by atomic mass is 35.5. The molecule has 1 amide bonds. The lowest BCUT2D eigenvalue weighted by Crippen LogP contribution is -2.33. The summed E-state index contributed by atoms with van der Waals surface area (Å²) in [6.45, 7) is 4.11. The predicted octanol–water partition coefficient (Wildman–Crippen LogP) is 3.09. The highest BCUT2D eigenvalue weighted by Crippen LogP contribution is 2.04. The fraction of sp³-hybridized carbons (Fsp3) is 0.909. The molecule has 0 heterocycles. The lowest BCUT2D eigenvalue weighted by Gasteiger charge is -2.09. The van der Waals surface area contributed by atoms with E-state index in [0.717, 1.165) is 12.8 Å². The first kappa shape index (κ1) is 13.8. The van der Waals surface area contributed by atoms with Crippen LogP contribution in [0.5, 0.6) is 0 Å². The van der Waals surface area contributed by atoms with E-state index in [-0.39, 0.29) is 11.9 Å². The molecule has 0 saturated carbocycles. The molecule has 1 N–H and O–H groups in total. The summed E-state index contributed by atoms with van der Waals surface area (Å²) in [6.07, 6.45) is 6.58. The minimum absolute atomic E-state index is 0.0970. The molecule has 1 unspecified atom stereocenters. The Hall–Kier alpha value is -0.240. The van der Waals surface area contributed by atoms with E-state index in [1.165, 1.54) is 19.3 Å². The summed E-state index contributed by atoms with van der Waals surface area (Å²) in [5.74, 6) is 0.622. The van der Waals surface area contributed by atoms with Gasteiger partial charge in [0.05, 0.1) is 0 Å². The third kappa shape index (κ3) is 8.36. The number of amides is 1. The van der Waals surface area contributed by atoms with Crippen LogP contribution in [0.25, 0.3) is 0 Å². The van der Waals surface area contributed by atoms with Crippen LogP contribution in [0.2, 0.25) is 0 Å². The van der Waals surface area contributed by atoms with Crippen molar-refractivity contribution in [3.63, 3.8) is 0 Å². The molecule has 0 bridgehead atoms. The topological polar surface area (TPSA) is 29.1 Å². The van der Waals surface area contributed by atoms with Crippen molar-refractivity contribution in [2.75, 3.05) is 5.88 Å². The summed E-state index contributed by atoms with van der Waals surface area (Å²) in [5.41, 5.74) is 0. The van der Waals surface area contributed by atoms with Crippen molar-refractivity contribution in [1.29, 1.82) is 0 Å². The average Bonchev–Trinajstić information content (AvgIpc) is 2.17. The molecule has 0 fully saturated rings. The van der Waals surface area contributed by atoms with Gasteiger partial charge >= 0.3 is 0 Å². The first-order chi connectivity index (χ1) is 6.70. The molecule has 0 saturated heterocycles. The Balaban J connectivity index is 3.27. The zero-order valence-corrected chi connectivity index (χ0v) is 10.1. The van der Waals surface area contributed by atoms with Crippen LogP contribution in [0, 0.1) is 0 Å². The molecule has 3 heteroatoms.